The molecule has 0 heterocycles. The predicted molar refractivity (Wildman–Crippen MR) is 84.6 cm³/mol. The fourth-order valence-corrected chi connectivity index (χ4v) is 2.14. The standard InChI is InChI=1S/C18H17F2NO2/c1-12(21(23)13(2)22)3-4-14-9-16(11-18(20)10-14)15-5-7-17(19)8-6-15/h3-12,23H,1-2H3/t12-/m0/s1. The molecule has 2 aromatic carbocycles. The van der Waals surface area contributed by atoms with E-state index in [1.54, 1.807) is 37.3 Å². The van der Waals surface area contributed by atoms with E-state index < -0.39 is 17.8 Å². The van der Waals surface area contributed by atoms with Gasteiger partial charge < -0.3 is 0 Å². The van der Waals surface area contributed by atoms with Gasteiger partial charge in [0.05, 0.1) is 6.04 Å². The molecule has 2 rings (SSSR count). The van der Waals surface area contributed by atoms with Crippen molar-refractivity contribution in [3.05, 3.63) is 65.7 Å². The van der Waals surface area contributed by atoms with Crippen LogP contribution in [0.25, 0.3) is 17.2 Å². The Hall–Kier alpha value is -2.53. The lowest BCUT2D eigenvalue weighted by molar-refractivity contribution is -0.167. The van der Waals surface area contributed by atoms with E-state index in [4.69, 9.17) is 0 Å². The molecule has 0 saturated heterocycles. The Kier molecular flexibility index (Phi) is 5.24. The zero-order chi connectivity index (χ0) is 17.0. The maximum atomic E-state index is 13.8. The van der Waals surface area contributed by atoms with E-state index >= 15 is 0 Å². The summed E-state index contributed by atoms with van der Waals surface area (Å²) in [5.41, 5.74) is 1.89. The smallest absolute Gasteiger partial charge is 0.243 e. The van der Waals surface area contributed by atoms with E-state index in [1.165, 1.54) is 31.2 Å². The van der Waals surface area contributed by atoms with E-state index in [0.717, 1.165) is 0 Å². The largest absolute Gasteiger partial charge is 0.285 e. The van der Waals surface area contributed by atoms with Gasteiger partial charge in [-0.2, -0.15) is 0 Å². The normalized spacial score (nSPS) is 12.4. The molecular weight excluding hydrogens is 300 g/mol. The minimum Gasteiger partial charge on any atom is -0.285 e. The molecule has 0 fully saturated rings. The number of carbonyl (C=O) groups is 1. The SMILES string of the molecule is CC(=O)N(O)[C@@H](C)C=Cc1cc(F)cc(-c2ccc(F)cc2)c1. The van der Waals surface area contributed by atoms with Crippen LogP contribution >= 0.6 is 0 Å². The van der Waals surface area contributed by atoms with Crippen LogP contribution in [-0.4, -0.2) is 22.2 Å². The Balaban J connectivity index is 2.27. The van der Waals surface area contributed by atoms with Gasteiger partial charge in [0.1, 0.15) is 11.6 Å². The third-order valence-electron chi connectivity index (χ3n) is 3.37. The van der Waals surface area contributed by atoms with Crippen molar-refractivity contribution < 1.29 is 18.8 Å². The molecule has 0 aliphatic carbocycles. The van der Waals surface area contributed by atoms with Gasteiger partial charge in [0.15, 0.2) is 0 Å². The summed E-state index contributed by atoms with van der Waals surface area (Å²) in [7, 11) is 0. The van der Waals surface area contributed by atoms with Gasteiger partial charge in [0.2, 0.25) is 5.91 Å². The zero-order valence-corrected chi connectivity index (χ0v) is 12.8. The van der Waals surface area contributed by atoms with Crippen molar-refractivity contribution in [2.24, 2.45) is 0 Å². The molecule has 3 nitrogen and oxygen atoms in total. The van der Waals surface area contributed by atoms with E-state index in [-0.39, 0.29) is 5.82 Å². The molecule has 0 unspecified atom stereocenters. The molecule has 0 aliphatic heterocycles. The molecule has 0 radical (unpaired) electrons. The quantitative estimate of drug-likeness (QED) is 0.676. The van der Waals surface area contributed by atoms with Crippen LogP contribution in [0, 0.1) is 11.6 Å². The number of carbonyl (C=O) groups excluding carboxylic acids is 1. The molecule has 0 bridgehead atoms. The van der Waals surface area contributed by atoms with Gasteiger partial charge in [0, 0.05) is 6.92 Å². The molecule has 23 heavy (non-hydrogen) atoms. The summed E-state index contributed by atoms with van der Waals surface area (Å²) in [5.74, 6) is -1.26. The molecule has 120 valence electrons. The van der Waals surface area contributed by atoms with Gasteiger partial charge in [-0.15, -0.1) is 0 Å². The minimum atomic E-state index is -0.537. The lowest BCUT2D eigenvalue weighted by atomic mass is 10.0. The van der Waals surface area contributed by atoms with Gasteiger partial charge in [-0.25, -0.2) is 13.8 Å². The average Bonchev–Trinajstić information content (AvgIpc) is 2.52. The number of hydroxylamine groups is 2. The van der Waals surface area contributed by atoms with Crippen molar-refractivity contribution in [3.8, 4) is 11.1 Å². The van der Waals surface area contributed by atoms with Crippen molar-refractivity contribution in [2.45, 2.75) is 19.9 Å². The van der Waals surface area contributed by atoms with E-state index in [2.05, 4.69) is 0 Å². The van der Waals surface area contributed by atoms with E-state index in [0.29, 0.717) is 21.8 Å². The number of rotatable bonds is 4. The second kappa shape index (κ2) is 7.15. The second-order valence-corrected chi connectivity index (χ2v) is 5.24. The van der Waals surface area contributed by atoms with Crippen LogP contribution in [0.2, 0.25) is 0 Å². The number of halogens is 2. The third-order valence-corrected chi connectivity index (χ3v) is 3.37. The Morgan fingerprint density at radius 2 is 1.74 bits per heavy atom. The molecule has 0 aliphatic rings. The third kappa shape index (κ3) is 4.47. The molecule has 1 atom stereocenters. The first kappa shape index (κ1) is 16.8. The molecule has 0 spiro atoms. The molecule has 5 heteroatoms. The minimum absolute atomic E-state index is 0.355. The van der Waals surface area contributed by atoms with Gasteiger partial charge in [0.25, 0.3) is 0 Å². The fraction of sp³-hybridized carbons (Fsp3) is 0.167. The molecule has 0 saturated carbocycles. The number of benzene rings is 2. The van der Waals surface area contributed by atoms with Crippen LogP contribution in [0.1, 0.15) is 19.4 Å². The van der Waals surface area contributed by atoms with Crippen LogP contribution in [-0.2, 0) is 4.79 Å². The van der Waals surface area contributed by atoms with Crippen molar-refractivity contribution in [1.82, 2.24) is 5.06 Å². The summed E-state index contributed by atoms with van der Waals surface area (Å²) >= 11 is 0. The Labute approximate surface area is 133 Å². The van der Waals surface area contributed by atoms with Crippen LogP contribution in [0.4, 0.5) is 8.78 Å². The van der Waals surface area contributed by atoms with Crippen molar-refractivity contribution >= 4 is 12.0 Å². The van der Waals surface area contributed by atoms with Crippen LogP contribution in [0.3, 0.4) is 0 Å². The van der Waals surface area contributed by atoms with Crippen LogP contribution in [0.5, 0.6) is 0 Å². The highest BCUT2D eigenvalue weighted by molar-refractivity contribution is 5.73. The Morgan fingerprint density at radius 1 is 1.09 bits per heavy atom. The van der Waals surface area contributed by atoms with Crippen LogP contribution in [0.15, 0.2) is 48.5 Å². The highest BCUT2D eigenvalue weighted by Gasteiger charge is 2.10. The number of nitrogens with zero attached hydrogens (tertiary/aromatic N) is 1. The fourth-order valence-electron chi connectivity index (χ4n) is 2.14. The van der Waals surface area contributed by atoms with Gasteiger partial charge in [-0.05, 0) is 53.9 Å². The van der Waals surface area contributed by atoms with E-state index in [1.807, 2.05) is 0 Å². The van der Waals surface area contributed by atoms with E-state index in [9.17, 15) is 18.8 Å². The monoisotopic (exact) mass is 317 g/mol. The first-order valence-corrected chi connectivity index (χ1v) is 7.10. The van der Waals surface area contributed by atoms with Gasteiger partial charge >= 0.3 is 0 Å². The second-order valence-electron chi connectivity index (χ2n) is 5.24. The lowest BCUT2D eigenvalue weighted by Crippen LogP contribution is -2.32. The Morgan fingerprint density at radius 3 is 2.35 bits per heavy atom. The average molecular weight is 317 g/mol. The predicted octanol–water partition coefficient (Wildman–Crippen LogP) is 4.27. The first-order chi connectivity index (χ1) is 10.9. The van der Waals surface area contributed by atoms with Gasteiger partial charge in [-0.3, -0.25) is 10.0 Å². The first-order valence-electron chi connectivity index (χ1n) is 7.10. The summed E-state index contributed by atoms with van der Waals surface area (Å²) in [6.45, 7) is 2.89. The molecule has 1 amide bonds. The lowest BCUT2D eigenvalue weighted by Gasteiger charge is -2.17. The number of hydrogen-bond donors (Lipinski definition) is 1. The van der Waals surface area contributed by atoms with Crippen molar-refractivity contribution in [3.63, 3.8) is 0 Å². The molecule has 0 aromatic heterocycles. The molecule has 2 aromatic rings. The van der Waals surface area contributed by atoms with Crippen LogP contribution < -0.4 is 0 Å². The highest BCUT2D eigenvalue weighted by Crippen LogP contribution is 2.23. The van der Waals surface area contributed by atoms with Gasteiger partial charge in [-0.1, -0.05) is 24.3 Å². The Bertz CT molecular complexity index is 726. The number of amides is 1. The summed E-state index contributed by atoms with van der Waals surface area (Å²) < 4.78 is 26.8. The summed E-state index contributed by atoms with van der Waals surface area (Å²) in [5, 5.41) is 10.1. The van der Waals surface area contributed by atoms with Crippen molar-refractivity contribution in [1.29, 1.82) is 0 Å². The van der Waals surface area contributed by atoms with Crippen molar-refractivity contribution in [2.75, 3.05) is 0 Å². The zero-order valence-electron chi connectivity index (χ0n) is 12.8. The molecular formula is C18H17F2NO2. The maximum Gasteiger partial charge on any atom is 0.243 e. The molecule has 1 N–H and O–H groups in total. The maximum absolute atomic E-state index is 13.8. The highest BCUT2D eigenvalue weighted by atomic mass is 19.1. The number of hydrogen-bond acceptors (Lipinski definition) is 2. The summed E-state index contributed by atoms with van der Waals surface area (Å²) in [6, 6.07) is 9.69. The summed E-state index contributed by atoms with van der Waals surface area (Å²) in [4.78, 5) is 11.1. The summed E-state index contributed by atoms with van der Waals surface area (Å²) in [6.07, 6.45) is 3.21. The topological polar surface area (TPSA) is 40.5 Å².